The van der Waals surface area contributed by atoms with E-state index in [-0.39, 0.29) is 0 Å². The Balaban J connectivity index is 3.42. The summed E-state index contributed by atoms with van der Waals surface area (Å²) in [5.74, 6) is 0. The summed E-state index contributed by atoms with van der Waals surface area (Å²) < 4.78 is 4.67. The quantitative estimate of drug-likeness (QED) is 0.392. The highest BCUT2D eigenvalue weighted by molar-refractivity contribution is 5.05. The third-order valence-corrected chi connectivity index (χ3v) is 0.644. The molecule has 0 aliphatic carbocycles. The van der Waals surface area contributed by atoms with E-state index in [1.807, 2.05) is 26.0 Å². The molecular weight excluding hydrogens is 100 g/mol. The van der Waals surface area contributed by atoms with Gasteiger partial charge < -0.3 is 4.74 Å². The topological polar surface area (TPSA) is 9.23 Å². The second kappa shape index (κ2) is 4.44. The molecule has 8 heavy (non-hydrogen) atoms. The zero-order valence-electron chi connectivity index (χ0n) is 5.64. The summed E-state index contributed by atoms with van der Waals surface area (Å²) in [4.78, 5) is 0. The van der Waals surface area contributed by atoms with Gasteiger partial charge in [0.1, 0.15) is 0 Å². The Labute approximate surface area is 50.7 Å². The van der Waals surface area contributed by atoms with Crippen molar-refractivity contribution in [3.05, 3.63) is 24.0 Å². The van der Waals surface area contributed by atoms with Crippen molar-refractivity contribution < 1.29 is 4.74 Å². The lowest BCUT2D eigenvalue weighted by Gasteiger charge is -1.83. The van der Waals surface area contributed by atoms with Gasteiger partial charge in [0.05, 0.1) is 13.4 Å². The predicted octanol–water partition coefficient (Wildman–Crippen LogP) is 2.11. The van der Waals surface area contributed by atoms with Crippen molar-refractivity contribution in [2.75, 3.05) is 7.11 Å². The third kappa shape index (κ3) is 5.28. The van der Waals surface area contributed by atoms with Gasteiger partial charge in [0.2, 0.25) is 0 Å². The molecule has 0 atom stereocenters. The van der Waals surface area contributed by atoms with Crippen LogP contribution in [0.25, 0.3) is 0 Å². The van der Waals surface area contributed by atoms with Gasteiger partial charge in [-0.05, 0) is 19.9 Å². The molecule has 0 aliphatic heterocycles. The number of methoxy groups -OCH3 is 1. The minimum absolute atomic E-state index is 1.28. The smallest absolute Gasteiger partial charge is 0.0824 e. The maximum atomic E-state index is 4.67. The molecule has 0 heterocycles. The molecule has 46 valence electrons. The Bertz CT molecular complexity index is 97.0. The van der Waals surface area contributed by atoms with Gasteiger partial charge in [-0.1, -0.05) is 11.6 Å². The average molecular weight is 112 g/mol. The molecule has 0 aromatic carbocycles. The average Bonchev–Trinajstić information content (AvgIpc) is 1.66. The first kappa shape index (κ1) is 7.28. The number of hydrogen-bond donors (Lipinski definition) is 0. The van der Waals surface area contributed by atoms with Gasteiger partial charge in [0.25, 0.3) is 0 Å². The fraction of sp³-hybridized carbons (Fsp3) is 0.429. The summed E-state index contributed by atoms with van der Waals surface area (Å²) in [6.07, 6.45) is 5.51. The molecule has 0 unspecified atom stereocenters. The molecule has 0 spiro atoms. The van der Waals surface area contributed by atoms with E-state index in [0.717, 1.165) is 0 Å². The molecule has 0 N–H and O–H groups in total. The normalized spacial score (nSPS) is 9.38. The van der Waals surface area contributed by atoms with Crippen LogP contribution in [0.15, 0.2) is 24.0 Å². The van der Waals surface area contributed by atoms with E-state index >= 15 is 0 Å². The van der Waals surface area contributed by atoms with Gasteiger partial charge >= 0.3 is 0 Å². The van der Waals surface area contributed by atoms with E-state index in [9.17, 15) is 0 Å². The Morgan fingerprint density at radius 3 is 2.38 bits per heavy atom. The summed E-state index contributed by atoms with van der Waals surface area (Å²) in [6, 6.07) is 0. The maximum Gasteiger partial charge on any atom is 0.0824 e. The van der Waals surface area contributed by atoms with Crippen LogP contribution in [-0.2, 0) is 4.74 Å². The summed E-state index contributed by atoms with van der Waals surface area (Å²) >= 11 is 0. The SMILES string of the molecule is CO/C=C/C=C(C)C. The van der Waals surface area contributed by atoms with Crippen LogP contribution < -0.4 is 0 Å². The third-order valence-electron chi connectivity index (χ3n) is 0.644. The Morgan fingerprint density at radius 2 is 2.00 bits per heavy atom. The zero-order chi connectivity index (χ0) is 6.41. The van der Waals surface area contributed by atoms with Crippen molar-refractivity contribution in [1.82, 2.24) is 0 Å². The minimum Gasteiger partial charge on any atom is -0.504 e. The van der Waals surface area contributed by atoms with Crippen LogP contribution in [0.2, 0.25) is 0 Å². The van der Waals surface area contributed by atoms with Crippen molar-refractivity contribution >= 4 is 0 Å². The standard InChI is InChI=1S/C7H12O/c1-7(2)5-4-6-8-3/h4-6H,1-3H3/b6-4+. The predicted molar refractivity (Wildman–Crippen MR) is 35.6 cm³/mol. The fourth-order valence-corrected chi connectivity index (χ4v) is 0.310. The Hall–Kier alpha value is -0.720. The largest absolute Gasteiger partial charge is 0.504 e. The van der Waals surface area contributed by atoms with Crippen LogP contribution in [0, 0.1) is 0 Å². The first-order valence-electron chi connectivity index (χ1n) is 2.60. The van der Waals surface area contributed by atoms with Crippen molar-refractivity contribution in [1.29, 1.82) is 0 Å². The highest BCUT2D eigenvalue weighted by Gasteiger charge is 1.67. The molecule has 1 nitrogen and oxygen atoms in total. The van der Waals surface area contributed by atoms with Crippen LogP contribution in [0.4, 0.5) is 0 Å². The van der Waals surface area contributed by atoms with Crippen molar-refractivity contribution in [2.24, 2.45) is 0 Å². The molecule has 0 amide bonds. The van der Waals surface area contributed by atoms with Gasteiger partial charge in [-0.3, -0.25) is 0 Å². The molecule has 0 saturated heterocycles. The number of ether oxygens (including phenoxy) is 1. The summed E-state index contributed by atoms with van der Waals surface area (Å²) in [6.45, 7) is 4.08. The first-order chi connectivity index (χ1) is 3.77. The Morgan fingerprint density at radius 1 is 1.38 bits per heavy atom. The van der Waals surface area contributed by atoms with Crippen LogP contribution in [0.3, 0.4) is 0 Å². The van der Waals surface area contributed by atoms with E-state index in [1.165, 1.54) is 5.57 Å². The van der Waals surface area contributed by atoms with Gasteiger partial charge in [-0.2, -0.15) is 0 Å². The molecule has 0 bridgehead atoms. The fourth-order valence-electron chi connectivity index (χ4n) is 0.310. The monoisotopic (exact) mass is 112 g/mol. The van der Waals surface area contributed by atoms with E-state index in [2.05, 4.69) is 4.74 Å². The van der Waals surface area contributed by atoms with E-state index in [0.29, 0.717) is 0 Å². The molecule has 0 aromatic rings. The zero-order valence-corrected chi connectivity index (χ0v) is 5.64. The minimum atomic E-state index is 1.28. The highest BCUT2D eigenvalue weighted by atomic mass is 16.5. The van der Waals surface area contributed by atoms with Crippen LogP contribution in [-0.4, -0.2) is 7.11 Å². The van der Waals surface area contributed by atoms with E-state index < -0.39 is 0 Å². The molecular formula is C7H12O. The molecule has 0 rings (SSSR count). The van der Waals surface area contributed by atoms with Crippen LogP contribution >= 0.6 is 0 Å². The molecule has 0 fully saturated rings. The Kier molecular flexibility index (Phi) is 4.04. The van der Waals surface area contributed by atoms with Crippen LogP contribution in [0.5, 0.6) is 0 Å². The van der Waals surface area contributed by atoms with Gasteiger partial charge in [-0.15, -0.1) is 0 Å². The lowest BCUT2D eigenvalue weighted by molar-refractivity contribution is 0.338. The second-order valence-corrected chi connectivity index (χ2v) is 1.81. The lowest BCUT2D eigenvalue weighted by Crippen LogP contribution is -1.63. The number of hydrogen-bond acceptors (Lipinski definition) is 1. The molecule has 0 saturated carbocycles. The molecule has 1 heteroatoms. The summed E-state index contributed by atoms with van der Waals surface area (Å²) in [5, 5.41) is 0. The maximum absolute atomic E-state index is 4.67. The van der Waals surface area contributed by atoms with Crippen LogP contribution in [0.1, 0.15) is 13.8 Å². The summed E-state index contributed by atoms with van der Waals surface area (Å²) in [7, 11) is 1.63. The van der Waals surface area contributed by atoms with Gasteiger partial charge in [0.15, 0.2) is 0 Å². The van der Waals surface area contributed by atoms with E-state index in [4.69, 9.17) is 0 Å². The molecule has 0 aliphatic rings. The van der Waals surface area contributed by atoms with Crippen molar-refractivity contribution in [3.8, 4) is 0 Å². The summed E-state index contributed by atoms with van der Waals surface area (Å²) in [5.41, 5.74) is 1.28. The number of rotatable bonds is 2. The molecule has 0 aromatic heterocycles. The highest BCUT2D eigenvalue weighted by Crippen LogP contribution is 1.87. The van der Waals surface area contributed by atoms with Crippen molar-refractivity contribution in [2.45, 2.75) is 13.8 Å². The number of allylic oxidation sites excluding steroid dienone is 3. The first-order valence-corrected chi connectivity index (χ1v) is 2.60. The molecule has 0 radical (unpaired) electrons. The van der Waals surface area contributed by atoms with E-state index in [1.54, 1.807) is 13.4 Å². The second-order valence-electron chi connectivity index (χ2n) is 1.81. The lowest BCUT2D eigenvalue weighted by atomic mass is 10.3. The van der Waals surface area contributed by atoms with Gasteiger partial charge in [0, 0.05) is 0 Å². The van der Waals surface area contributed by atoms with Gasteiger partial charge in [-0.25, -0.2) is 0 Å². The van der Waals surface area contributed by atoms with Crippen molar-refractivity contribution in [3.63, 3.8) is 0 Å².